The number of nitrogens with zero attached hydrogens (tertiary/aromatic N) is 1. The Bertz CT molecular complexity index is 598. The van der Waals surface area contributed by atoms with E-state index in [0.717, 1.165) is 17.3 Å². The van der Waals surface area contributed by atoms with Gasteiger partial charge in [-0.15, -0.1) is 11.3 Å². The van der Waals surface area contributed by atoms with Crippen LogP contribution in [0.15, 0.2) is 41.8 Å². The van der Waals surface area contributed by atoms with E-state index in [1.54, 1.807) is 18.4 Å². The monoisotopic (exact) mass is 334 g/mol. The van der Waals surface area contributed by atoms with Gasteiger partial charge in [0.1, 0.15) is 0 Å². The number of benzene rings is 1. The number of rotatable bonds is 6. The molecule has 118 valence electrons. The third-order valence-electron chi connectivity index (χ3n) is 3.61. The number of thiophene rings is 1. The molecule has 22 heavy (non-hydrogen) atoms. The van der Waals surface area contributed by atoms with Gasteiger partial charge in [-0.25, -0.2) is 0 Å². The lowest BCUT2D eigenvalue weighted by Gasteiger charge is -2.31. The quantitative estimate of drug-likeness (QED) is 0.788. The summed E-state index contributed by atoms with van der Waals surface area (Å²) in [6, 6.07) is 12.6. The minimum Gasteiger partial charge on any atom is -0.383 e. The van der Waals surface area contributed by atoms with Gasteiger partial charge < -0.3 is 15.0 Å². The molecule has 0 radical (unpaired) electrons. The van der Waals surface area contributed by atoms with E-state index in [1.165, 1.54) is 10.4 Å². The summed E-state index contributed by atoms with van der Waals surface area (Å²) < 4.78 is 5.24. The smallest absolute Gasteiger partial charge is 0.174 e. The number of thiocarbonyl (C=S) groups is 1. The van der Waals surface area contributed by atoms with Gasteiger partial charge in [-0.2, -0.15) is 0 Å². The van der Waals surface area contributed by atoms with Crippen LogP contribution in [-0.4, -0.2) is 30.3 Å². The number of ether oxygens (including phenoxy) is 1. The fourth-order valence-corrected chi connectivity index (χ4v) is 3.40. The number of anilines is 1. The molecule has 0 saturated carbocycles. The summed E-state index contributed by atoms with van der Waals surface area (Å²) in [5, 5.41) is 6.19. The molecule has 2 rings (SSSR count). The van der Waals surface area contributed by atoms with Gasteiger partial charge in [-0.05, 0) is 49.1 Å². The number of methoxy groups -OCH3 is 1. The van der Waals surface area contributed by atoms with Crippen LogP contribution in [0.2, 0.25) is 0 Å². The van der Waals surface area contributed by atoms with Crippen molar-refractivity contribution in [3.63, 3.8) is 0 Å². The van der Waals surface area contributed by atoms with Gasteiger partial charge in [-0.3, -0.25) is 0 Å². The van der Waals surface area contributed by atoms with Gasteiger partial charge in [0.05, 0.1) is 12.6 Å². The average molecular weight is 335 g/mol. The molecule has 1 aromatic heterocycles. The topological polar surface area (TPSA) is 24.5 Å². The van der Waals surface area contributed by atoms with E-state index in [2.05, 4.69) is 47.6 Å². The van der Waals surface area contributed by atoms with Gasteiger partial charge in [0.15, 0.2) is 5.11 Å². The maximum absolute atomic E-state index is 5.64. The van der Waals surface area contributed by atoms with E-state index < -0.39 is 0 Å². The van der Waals surface area contributed by atoms with Crippen LogP contribution in [0, 0.1) is 6.92 Å². The maximum Gasteiger partial charge on any atom is 0.174 e. The summed E-state index contributed by atoms with van der Waals surface area (Å²) in [6.45, 7) is 5.65. The Morgan fingerprint density at radius 2 is 2.09 bits per heavy atom. The molecule has 0 spiro atoms. The zero-order chi connectivity index (χ0) is 15.9. The summed E-state index contributed by atoms with van der Waals surface area (Å²) in [5.41, 5.74) is 2.23. The van der Waals surface area contributed by atoms with Gasteiger partial charge in [0.2, 0.25) is 0 Å². The second-order valence-corrected chi connectivity index (χ2v) is 6.49. The van der Waals surface area contributed by atoms with Gasteiger partial charge >= 0.3 is 0 Å². The Balaban J connectivity index is 2.14. The summed E-state index contributed by atoms with van der Waals surface area (Å²) in [6.07, 6.45) is 0. The van der Waals surface area contributed by atoms with Crippen molar-refractivity contribution in [2.75, 3.05) is 25.6 Å². The Kier molecular flexibility index (Phi) is 6.36. The number of hydrogen-bond donors (Lipinski definition) is 1. The summed E-state index contributed by atoms with van der Waals surface area (Å²) in [4.78, 5) is 3.47. The Labute approximate surface area is 141 Å². The van der Waals surface area contributed by atoms with E-state index in [0.29, 0.717) is 6.61 Å². The molecule has 0 aliphatic carbocycles. The lowest BCUT2D eigenvalue weighted by molar-refractivity contribution is 0.166. The zero-order valence-electron chi connectivity index (χ0n) is 13.2. The highest BCUT2D eigenvalue weighted by atomic mass is 32.1. The molecule has 1 aromatic carbocycles. The molecule has 5 heteroatoms. The highest BCUT2D eigenvalue weighted by molar-refractivity contribution is 7.80. The molecule has 0 aliphatic rings. The van der Waals surface area contributed by atoms with E-state index in [-0.39, 0.29) is 6.04 Å². The van der Waals surface area contributed by atoms with Crippen molar-refractivity contribution in [3.05, 3.63) is 52.2 Å². The minimum absolute atomic E-state index is 0.221. The normalized spacial score (nSPS) is 12.0. The van der Waals surface area contributed by atoms with E-state index in [1.807, 2.05) is 18.2 Å². The fraction of sp³-hybridized carbons (Fsp3) is 0.353. The zero-order valence-corrected chi connectivity index (χ0v) is 14.8. The first-order valence-electron chi connectivity index (χ1n) is 7.29. The van der Waals surface area contributed by atoms with Crippen LogP contribution in [0.3, 0.4) is 0 Å². The van der Waals surface area contributed by atoms with Crippen molar-refractivity contribution in [2.24, 2.45) is 0 Å². The van der Waals surface area contributed by atoms with Crippen LogP contribution in [0.1, 0.15) is 23.4 Å². The van der Waals surface area contributed by atoms with Crippen molar-refractivity contribution < 1.29 is 4.74 Å². The maximum atomic E-state index is 5.64. The number of aryl methyl sites for hydroxylation is 1. The molecule has 0 bridgehead atoms. The minimum atomic E-state index is 0.221. The van der Waals surface area contributed by atoms with Crippen LogP contribution in [-0.2, 0) is 4.74 Å². The van der Waals surface area contributed by atoms with Crippen molar-refractivity contribution in [1.82, 2.24) is 4.90 Å². The van der Waals surface area contributed by atoms with Crippen LogP contribution < -0.4 is 5.32 Å². The van der Waals surface area contributed by atoms with Crippen molar-refractivity contribution in [2.45, 2.75) is 19.9 Å². The average Bonchev–Trinajstić information content (AvgIpc) is 3.04. The number of hydrogen-bond acceptors (Lipinski definition) is 3. The van der Waals surface area contributed by atoms with Crippen LogP contribution in [0.25, 0.3) is 0 Å². The predicted octanol–water partition coefficient (Wildman–Crippen LogP) is 4.46. The van der Waals surface area contributed by atoms with Gasteiger partial charge in [0.25, 0.3) is 0 Å². The molecule has 0 aliphatic heterocycles. The number of nitrogens with one attached hydrogen (secondary N) is 1. The molecular formula is C17H22N2OS2. The number of para-hydroxylation sites is 1. The molecule has 0 saturated heterocycles. The molecule has 0 unspecified atom stereocenters. The third kappa shape index (κ3) is 4.29. The highest BCUT2D eigenvalue weighted by Crippen LogP contribution is 2.25. The molecule has 3 nitrogen and oxygen atoms in total. The second-order valence-electron chi connectivity index (χ2n) is 5.12. The van der Waals surface area contributed by atoms with E-state index in [9.17, 15) is 0 Å². The molecule has 1 atom stereocenters. The van der Waals surface area contributed by atoms with Crippen molar-refractivity contribution >= 4 is 34.4 Å². The molecule has 0 fully saturated rings. The van der Waals surface area contributed by atoms with Crippen LogP contribution in [0.5, 0.6) is 0 Å². The predicted molar refractivity (Wildman–Crippen MR) is 98.7 cm³/mol. The molecule has 0 amide bonds. The molecule has 1 N–H and O–H groups in total. The molecule has 2 aromatic rings. The van der Waals surface area contributed by atoms with Crippen LogP contribution in [0.4, 0.5) is 5.69 Å². The summed E-state index contributed by atoms with van der Waals surface area (Å²) >= 11 is 7.39. The lowest BCUT2D eigenvalue weighted by Crippen LogP contribution is -2.38. The Hall–Kier alpha value is -1.43. The first kappa shape index (κ1) is 16.9. The van der Waals surface area contributed by atoms with E-state index >= 15 is 0 Å². The highest BCUT2D eigenvalue weighted by Gasteiger charge is 2.19. The summed E-state index contributed by atoms with van der Waals surface area (Å²) in [7, 11) is 1.71. The van der Waals surface area contributed by atoms with E-state index in [4.69, 9.17) is 17.0 Å². The van der Waals surface area contributed by atoms with Gasteiger partial charge in [0, 0.05) is 24.2 Å². The summed E-state index contributed by atoms with van der Waals surface area (Å²) in [5.74, 6) is 0. The molecular weight excluding hydrogens is 312 g/mol. The lowest BCUT2D eigenvalue weighted by atomic mass is 10.2. The Morgan fingerprint density at radius 1 is 1.32 bits per heavy atom. The molecule has 1 heterocycles. The van der Waals surface area contributed by atoms with Crippen molar-refractivity contribution in [3.8, 4) is 0 Å². The SMILES string of the molecule is COCCN(C(=S)Nc1ccccc1C)[C@@H](C)c1cccs1. The third-order valence-corrected chi connectivity index (χ3v) is 4.99. The standard InChI is InChI=1S/C17H22N2OS2/c1-13-7-4-5-8-15(13)18-17(21)19(10-11-20-3)14(2)16-9-6-12-22-16/h4-9,12,14H,10-11H2,1-3H3,(H,18,21)/t14-/m0/s1. The Morgan fingerprint density at radius 3 is 2.73 bits per heavy atom. The first-order chi connectivity index (χ1) is 10.6. The largest absolute Gasteiger partial charge is 0.383 e. The first-order valence-corrected chi connectivity index (χ1v) is 8.58. The fourth-order valence-electron chi connectivity index (χ4n) is 2.24. The van der Waals surface area contributed by atoms with Crippen molar-refractivity contribution in [1.29, 1.82) is 0 Å². The van der Waals surface area contributed by atoms with Crippen LogP contribution >= 0.6 is 23.6 Å². The van der Waals surface area contributed by atoms with Gasteiger partial charge in [-0.1, -0.05) is 24.3 Å². The second kappa shape index (κ2) is 8.27.